The lowest BCUT2D eigenvalue weighted by atomic mass is 9.84. The number of benzene rings is 1. The molecule has 1 aromatic heterocycles. The summed E-state index contributed by atoms with van der Waals surface area (Å²) in [7, 11) is 0. The number of nitrogens with zero attached hydrogens (tertiary/aromatic N) is 4. The number of carbonyl (C=O) groups is 2. The van der Waals surface area contributed by atoms with Crippen molar-refractivity contribution in [3.8, 4) is 0 Å². The van der Waals surface area contributed by atoms with Crippen molar-refractivity contribution in [1.82, 2.24) is 10.3 Å². The highest BCUT2D eigenvalue weighted by Crippen LogP contribution is 2.38. The van der Waals surface area contributed by atoms with Crippen LogP contribution in [0.1, 0.15) is 33.7 Å². The van der Waals surface area contributed by atoms with Crippen molar-refractivity contribution >= 4 is 23.2 Å². The van der Waals surface area contributed by atoms with Crippen LogP contribution in [0.4, 0.5) is 0 Å². The molecule has 3 rings (SSSR count). The minimum Gasteiger partial charge on any atom is -0.289 e. The molecule has 12 heteroatoms. The fourth-order valence-corrected chi connectivity index (χ4v) is 2.67. The first-order valence-corrected chi connectivity index (χ1v) is 7.35. The number of aromatic nitrogens is 2. The lowest BCUT2D eigenvalue weighted by molar-refractivity contribution is -0.520. The highest BCUT2D eigenvalue weighted by Gasteiger charge is 2.49. The van der Waals surface area contributed by atoms with Gasteiger partial charge in [0.15, 0.2) is 11.6 Å². The number of rotatable bonds is 5. The first-order chi connectivity index (χ1) is 12.3. The molecule has 26 heavy (non-hydrogen) atoms. The summed E-state index contributed by atoms with van der Waals surface area (Å²) in [4.78, 5) is 45.7. The molecule has 0 N–H and O–H groups in total. The Morgan fingerprint density at radius 3 is 2.27 bits per heavy atom. The molecular weight excluding hydrogens is 372 g/mol. The molecule has 132 valence electrons. The fourth-order valence-electron chi connectivity index (χ4n) is 2.55. The average molecular weight is 379 g/mol. The van der Waals surface area contributed by atoms with E-state index >= 15 is 0 Å². The van der Waals surface area contributed by atoms with Crippen molar-refractivity contribution in [3.63, 3.8) is 0 Å². The van der Waals surface area contributed by atoms with Crippen molar-refractivity contribution < 1.29 is 24.1 Å². The van der Waals surface area contributed by atoms with Crippen LogP contribution in [0.5, 0.6) is 0 Å². The molecule has 11 nitrogen and oxygen atoms in total. The van der Waals surface area contributed by atoms with Gasteiger partial charge in [-0.25, -0.2) is 4.63 Å². The van der Waals surface area contributed by atoms with Crippen LogP contribution in [0.2, 0.25) is 5.02 Å². The van der Waals surface area contributed by atoms with E-state index in [4.69, 9.17) is 11.6 Å². The third-order valence-electron chi connectivity index (χ3n) is 3.75. The molecule has 0 fully saturated rings. The van der Waals surface area contributed by atoms with Crippen LogP contribution in [0.25, 0.3) is 0 Å². The quantitative estimate of drug-likeness (QED) is 0.326. The van der Waals surface area contributed by atoms with Gasteiger partial charge in [-0.3, -0.25) is 29.8 Å². The number of carbonyl (C=O) groups excluding carboxylic acids is 2. The molecular formula is C14H7ClN4O7. The number of fused-ring (bicyclic) bond motifs is 1. The van der Waals surface area contributed by atoms with Crippen LogP contribution in [0.15, 0.2) is 40.7 Å². The van der Waals surface area contributed by atoms with Gasteiger partial charge in [-0.2, -0.15) is 0 Å². The smallest absolute Gasteiger partial charge is 0.284 e. The Morgan fingerprint density at radius 1 is 1.08 bits per heavy atom. The molecule has 0 amide bonds. The Morgan fingerprint density at radius 2 is 1.69 bits per heavy atom. The topological polar surface area (TPSA) is 159 Å². The summed E-state index contributed by atoms with van der Waals surface area (Å²) < 4.78 is 4.42. The summed E-state index contributed by atoms with van der Waals surface area (Å²) in [6.45, 7) is 0. The monoisotopic (exact) mass is 378 g/mol. The van der Waals surface area contributed by atoms with Crippen LogP contribution in [-0.2, 0) is 4.79 Å². The highest BCUT2D eigenvalue weighted by atomic mass is 35.5. The predicted molar refractivity (Wildman–Crippen MR) is 82.6 cm³/mol. The zero-order chi connectivity index (χ0) is 19.0. The molecule has 0 saturated carbocycles. The first-order valence-electron chi connectivity index (χ1n) is 6.97. The van der Waals surface area contributed by atoms with Crippen LogP contribution < -0.4 is 0 Å². The maximum atomic E-state index is 12.6. The molecule has 0 aliphatic heterocycles. The van der Waals surface area contributed by atoms with E-state index in [9.17, 15) is 29.8 Å². The lowest BCUT2D eigenvalue weighted by Crippen LogP contribution is -2.31. The summed E-state index contributed by atoms with van der Waals surface area (Å²) in [6, 6.07) is 3.61. The summed E-state index contributed by atoms with van der Waals surface area (Å²) in [5.74, 6) is -3.98. The number of ketones is 2. The summed E-state index contributed by atoms with van der Waals surface area (Å²) in [6.07, 6.45) is 0.657. The largest absolute Gasteiger partial charge is 0.289 e. The van der Waals surface area contributed by atoms with Gasteiger partial charge in [-0.05, 0) is 29.4 Å². The van der Waals surface area contributed by atoms with E-state index < -0.39 is 44.8 Å². The van der Waals surface area contributed by atoms with Crippen molar-refractivity contribution in [2.45, 2.75) is 12.0 Å². The van der Waals surface area contributed by atoms with E-state index in [0.717, 1.165) is 0 Å². The first kappa shape index (κ1) is 17.4. The zero-order valence-corrected chi connectivity index (χ0v) is 13.3. The van der Waals surface area contributed by atoms with Gasteiger partial charge in [0.05, 0.1) is 11.0 Å². The van der Waals surface area contributed by atoms with Gasteiger partial charge in [0, 0.05) is 15.5 Å². The maximum absolute atomic E-state index is 12.6. The van der Waals surface area contributed by atoms with Crippen molar-refractivity contribution in [2.24, 2.45) is 0 Å². The molecule has 1 aliphatic rings. The van der Waals surface area contributed by atoms with Gasteiger partial charge in [0.2, 0.25) is 11.6 Å². The Labute approximate surface area is 148 Å². The van der Waals surface area contributed by atoms with E-state index in [1.54, 1.807) is 0 Å². The molecule has 1 aromatic carbocycles. The third-order valence-corrected chi connectivity index (χ3v) is 4.00. The minimum absolute atomic E-state index is 0.0449. The number of nitro groups is 2. The Bertz CT molecular complexity index is 966. The summed E-state index contributed by atoms with van der Waals surface area (Å²) in [5.41, 5.74) is -1.66. The summed E-state index contributed by atoms with van der Waals surface area (Å²) >= 11 is 5.72. The molecule has 2 unspecified atom stereocenters. The van der Waals surface area contributed by atoms with E-state index in [1.807, 2.05) is 0 Å². The normalized spacial score (nSPS) is 18.6. The number of hydrogen-bond donors (Lipinski definition) is 0. The second-order valence-corrected chi connectivity index (χ2v) is 5.68. The fraction of sp³-hybridized carbons (Fsp3) is 0.143. The minimum atomic E-state index is -1.76. The second kappa shape index (κ2) is 6.44. The van der Waals surface area contributed by atoms with E-state index in [2.05, 4.69) is 14.9 Å². The molecule has 0 bridgehead atoms. The second-order valence-electron chi connectivity index (χ2n) is 5.25. The molecule has 1 heterocycles. The Kier molecular flexibility index (Phi) is 4.30. The van der Waals surface area contributed by atoms with Crippen molar-refractivity contribution in [2.75, 3.05) is 0 Å². The summed E-state index contributed by atoms with van der Waals surface area (Å²) in [5, 5.41) is 29.5. The van der Waals surface area contributed by atoms with Gasteiger partial charge < -0.3 is 0 Å². The zero-order valence-electron chi connectivity index (χ0n) is 12.6. The van der Waals surface area contributed by atoms with E-state index in [-0.39, 0.29) is 11.3 Å². The predicted octanol–water partition coefficient (Wildman–Crippen LogP) is 1.75. The van der Waals surface area contributed by atoms with Crippen molar-refractivity contribution in [1.29, 1.82) is 0 Å². The highest BCUT2D eigenvalue weighted by molar-refractivity contribution is 6.46. The number of halogens is 1. The molecule has 0 radical (unpaired) electrons. The number of allylic oxidation sites excluding steroid dienone is 1. The van der Waals surface area contributed by atoms with E-state index in [1.165, 1.54) is 24.3 Å². The van der Waals surface area contributed by atoms with Gasteiger partial charge in [0.25, 0.3) is 11.7 Å². The number of Topliss-reactive ketones (excluding diaryl/α,β-unsaturated/α-hetero) is 2. The van der Waals surface area contributed by atoms with E-state index in [0.29, 0.717) is 11.1 Å². The average Bonchev–Trinajstić information content (AvgIpc) is 3.08. The van der Waals surface area contributed by atoms with Gasteiger partial charge >= 0.3 is 0 Å². The Balaban J connectivity index is 2.07. The van der Waals surface area contributed by atoms with Gasteiger partial charge in [0.1, 0.15) is 5.69 Å². The SMILES string of the molecule is O=C(C(=O)C1C([N+](=O)[O-])=CC([N+](=O)[O-])c2nonc21)c1ccc(Cl)cc1. The van der Waals surface area contributed by atoms with Crippen LogP contribution in [0.3, 0.4) is 0 Å². The number of hydrogen-bond acceptors (Lipinski definition) is 9. The molecule has 2 atom stereocenters. The Hall–Kier alpha value is -3.47. The third kappa shape index (κ3) is 2.84. The maximum Gasteiger partial charge on any atom is 0.284 e. The standard InChI is InChI=1S/C14H7ClN4O7/c15-7-3-1-6(2-4-7)13(20)14(21)10-8(18(22)23)5-9(19(24)25)11-12(10)17-26-16-11/h1-5,9-10H. The molecule has 2 aromatic rings. The lowest BCUT2D eigenvalue weighted by Gasteiger charge is -2.16. The van der Waals surface area contributed by atoms with Gasteiger partial charge in [-0.15, -0.1) is 0 Å². The van der Waals surface area contributed by atoms with Crippen LogP contribution >= 0.6 is 11.6 Å². The van der Waals surface area contributed by atoms with Crippen LogP contribution in [-0.4, -0.2) is 31.7 Å². The molecule has 0 saturated heterocycles. The van der Waals surface area contributed by atoms with Crippen LogP contribution in [0, 0.1) is 20.2 Å². The van der Waals surface area contributed by atoms with Crippen molar-refractivity contribution in [3.05, 3.63) is 78.2 Å². The molecule has 0 spiro atoms. The van der Waals surface area contributed by atoms with Gasteiger partial charge in [-0.1, -0.05) is 16.8 Å². The molecule has 1 aliphatic carbocycles.